The second-order valence-electron chi connectivity index (χ2n) is 6.45. The van der Waals surface area contributed by atoms with Crippen molar-refractivity contribution in [3.8, 4) is 6.07 Å². The third-order valence-corrected chi connectivity index (χ3v) is 5.53. The highest BCUT2D eigenvalue weighted by Crippen LogP contribution is 2.22. The van der Waals surface area contributed by atoms with Gasteiger partial charge in [0.25, 0.3) is 5.91 Å². The molecule has 1 aromatic rings. The number of hydrogen-bond donors (Lipinski definition) is 2. The summed E-state index contributed by atoms with van der Waals surface area (Å²) in [5, 5.41) is 17.3. The molecule has 2 rings (SSSR count). The van der Waals surface area contributed by atoms with E-state index in [2.05, 4.69) is 5.32 Å². The Kier molecular flexibility index (Phi) is 6.77. The second kappa shape index (κ2) is 8.83. The van der Waals surface area contributed by atoms with E-state index < -0.39 is 10.0 Å². The van der Waals surface area contributed by atoms with Crippen LogP contribution in [-0.4, -0.2) is 32.3 Å². The number of sulfonamides is 1. The molecule has 1 amide bonds. The average Bonchev–Trinajstić information content (AvgIpc) is 2.64. The first kappa shape index (κ1) is 19.9. The molecule has 140 valence electrons. The summed E-state index contributed by atoms with van der Waals surface area (Å²) in [7, 11) is -1.97. The van der Waals surface area contributed by atoms with Crippen LogP contribution in [0, 0.1) is 11.3 Å². The summed E-state index contributed by atoms with van der Waals surface area (Å²) < 4.78 is 22.5. The zero-order valence-corrected chi connectivity index (χ0v) is 15.6. The van der Waals surface area contributed by atoms with Crippen LogP contribution in [-0.2, 0) is 21.4 Å². The maximum absolute atomic E-state index is 12.5. The van der Waals surface area contributed by atoms with Crippen LogP contribution in [0.4, 0.5) is 0 Å². The normalized spacial score (nSPS) is 16.0. The van der Waals surface area contributed by atoms with Crippen molar-refractivity contribution in [2.45, 2.75) is 49.6 Å². The second-order valence-corrected chi connectivity index (χ2v) is 8.01. The Balaban J connectivity index is 1.96. The Bertz CT molecular complexity index is 804. The molecule has 0 atom stereocenters. The lowest BCUT2D eigenvalue weighted by atomic mass is 9.94. The van der Waals surface area contributed by atoms with E-state index >= 15 is 0 Å². The molecule has 3 N–H and O–H groups in total. The number of nitrogens with two attached hydrogens (primary N) is 1. The van der Waals surface area contributed by atoms with Gasteiger partial charge in [-0.1, -0.05) is 31.4 Å². The molecule has 1 aliphatic carbocycles. The number of rotatable bonds is 6. The SMILES string of the molecule is CN(C(=O)/C(C#N)=C\NCc1ccc(S(N)(=O)=O)cc1)C1CCCCC1. The van der Waals surface area contributed by atoms with Crippen molar-refractivity contribution in [2.24, 2.45) is 5.14 Å². The highest BCUT2D eigenvalue weighted by Gasteiger charge is 2.24. The molecule has 0 spiro atoms. The number of primary sulfonamides is 1. The van der Waals surface area contributed by atoms with E-state index in [-0.39, 0.29) is 22.4 Å². The van der Waals surface area contributed by atoms with Gasteiger partial charge in [0.1, 0.15) is 11.6 Å². The Morgan fingerprint density at radius 1 is 1.31 bits per heavy atom. The predicted octanol–water partition coefficient (Wildman–Crippen LogP) is 1.62. The minimum absolute atomic E-state index is 0.0405. The molecule has 1 saturated carbocycles. The van der Waals surface area contributed by atoms with Gasteiger partial charge in [-0.3, -0.25) is 4.79 Å². The summed E-state index contributed by atoms with van der Waals surface area (Å²) >= 11 is 0. The van der Waals surface area contributed by atoms with Gasteiger partial charge in [-0.15, -0.1) is 0 Å². The van der Waals surface area contributed by atoms with Crippen molar-refractivity contribution in [3.63, 3.8) is 0 Å². The standard InChI is InChI=1S/C18H24N4O3S/c1-22(16-5-3-2-4-6-16)18(23)15(11-19)13-21-12-14-7-9-17(10-8-14)26(20,24)25/h7-10,13,16,21H,2-6,12H2,1H3,(H2,20,24,25)/b15-13-. The number of carbonyl (C=O) groups excluding carboxylic acids is 1. The van der Waals surface area contributed by atoms with Gasteiger partial charge < -0.3 is 10.2 Å². The zero-order valence-electron chi connectivity index (χ0n) is 14.8. The fourth-order valence-electron chi connectivity index (χ4n) is 3.03. The van der Waals surface area contributed by atoms with Crippen molar-refractivity contribution in [1.29, 1.82) is 5.26 Å². The summed E-state index contributed by atoms with van der Waals surface area (Å²) in [6.45, 7) is 0.358. The van der Waals surface area contributed by atoms with Crippen molar-refractivity contribution in [1.82, 2.24) is 10.2 Å². The van der Waals surface area contributed by atoms with Gasteiger partial charge in [-0.05, 0) is 30.5 Å². The molecule has 1 fully saturated rings. The summed E-state index contributed by atoms with van der Waals surface area (Å²) in [6, 6.07) is 8.24. The Hall–Kier alpha value is -2.37. The monoisotopic (exact) mass is 376 g/mol. The van der Waals surface area contributed by atoms with E-state index in [1.807, 2.05) is 6.07 Å². The minimum atomic E-state index is -3.71. The first-order valence-electron chi connectivity index (χ1n) is 8.55. The maximum Gasteiger partial charge on any atom is 0.265 e. The molecule has 0 aliphatic heterocycles. The number of nitrogens with zero attached hydrogens (tertiary/aromatic N) is 2. The maximum atomic E-state index is 12.5. The molecule has 0 saturated heterocycles. The van der Waals surface area contributed by atoms with E-state index in [0.29, 0.717) is 6.54 Å². The van der Waals surface area contributed by atoms with Gasteiger partial charge >= 0.3 is 0 Å². The summed E-state index contributed by atoms with van der Waals surface area (Å²) in [6.07, 6.45) is 6.79. The molecule has 0 bridgehead atoms. The quantitative estimate of drug-likeness (QED) is 0.578. The molecule has 0 aromatic heterocycles. The molecule has 1 aliphatic rings. The lowest BCUT2D eigenvalue weighted by Gasteiger charge is -2.31. The Morgan fingerprint density at radius 3 is 2.46 bits per heavy atom. The van der Waals surface area contributed by atoms with E-state index in [0.717, 1.165) is 31.2 Å². The summed E-state index contributed by atoms with van der Waals surface area (Å²) in [4.78, 5) is 14.2. The van der Waals surface area contributed by atoms with E-state index in [1.54, 1.807) is 24.1 Å². The number of hydrogen-bond acceptors (Lipinski definition) is 5. The van der Waals surface area contributed by atoms with Crippen molar-refractivity contribution in [3.05, 3.63) is 41.6 Å². The van der Waals surface area contributed by atoms with Crippen LogP contribution >= 0.6 is 0 Å². The first-order chi connectivity index (χ1) is 12.3. The first-order valence-corrected chi connectivity index (χ1v) is 10.1. The van der Waals surface area contributed by atoms with Crippen LogP contribution in [0.3, 0.4) is 0 Å². The third-order valence-electron chi connectivity index (χ3n) is 4.60. The molecular formula is C18H24N4O3S. The molecule has 26 heavy (non-hydrogen) atoms. The Morgan fingerprint density at radius 2 is 1.92 bits per heavy atom. The van der Waals surface area contributed by atoms with Gasteiger partial charge in [0, 0.05) is 25.8 Å². The van der Waals surface area contributed by atoms with E-state index in [4.69, 9.17) is 5.14 Å². The van der Waals surface area contributed by atoms with Crippen LogP contribution in [0.5, 0.6) is 0 Å². The van der Waals surface area contributed by atoms with Gasteiger partial charge in [0.15, 0.2) is 0 Å². The molecule has 7 nitrogen and oxygen atoms in total. The Labute approximate surface area is 154 Å². The lowest BCUT2D eigenvalue weighted by Crippen LogP contribution is -2.39. The molecule has 0 radical (unpaired) electrons. The molecule has 1 aromatic carbocycles. The molecule has 8 heteroatoms. The minimum Gasteiger partial charge on any atom is -0.386 e. The predicted molar refractivity (Wildman–Crippen MR) is 98.0 cm³/mol. The number of benzene rings is 1. The molecule has 0 unspecified atom stereocenters. The van der Waals surface area contributed by atoms with Gasteiger partial charge in [0.05, 0.1) is 4.90 Å². The number of likely N-dealkylation sites (N-methyl/N-ethyl adjacent to an activating group) is 1. The fourth-order valence-corrected chi connectivity index (χ4v) is 3.55. The number of carbonyl (C=O) groups is 1. The number of nitrogens with one attached hydrogen (secondary N) is 1. The topological polar surface area (TPSA) is 116 Å². The van der Waals surface area contributed by atoms with E-state index in [9.17, 15) is 18.5 Å². The van der Waals surface area contributed by atoms with Crippen molar-refractivity contribution < 1.29 is 13.2 Å². The zero-order chi connectivity index (χ0) is 19.2. The van der Waals surface area contributed by atoms with Crippen molar-refractivity contribution >= 4 is 15.9 Å². The van der Waals surface area contributed by atoms with Gasteiger partial charge in [0.2, 0.25) is 10.0 Å². The number of amides is 1. The fraction of sp³-hybridized carbons (Fsp3) is 0.444. The third kappa shape index (κ3) is 5.31. The van der Waals surface area contributed by atoms with Crippen LogP contribution in [0.25, 0.3) is 0 Å². The summed E-state index contributed by atoms with van der Waals surface area (Å²) in [5.41, 5.74) is 0.859. The highest BCUT2D eigenvalue weighted by molar-refractivity contribution is 7.89. The van der Waals surface area contributed by atoms with Crippen LogP contribution in [0.15, 0.2) is 40.9 Å². The highest BCUT2D eigenvalue weighted by atomic mass is 32.2. The number of nitriles is 1. The van der Waals surface area contributed by atoms with Crippen LogP contribution < -0.4 is 10.5 Å². The van der Waals surface area contributed by atoms with Gasteiger partial charge in [-0.2, -0.15) is 5.26 Å². The smallest absolute Gasteiger partial charge is 0.265 e. The summed E-state index contributed by atoms with van der Waals surface area (Å²) in [5.74, 6) is -0.281. The largest absolute Gasteiger partial charge is 0.386 e. The van der Waals surface area contributed by atoms with Crippen LogP contribution in [0.2, 0.25) is 0 Å². The van der Waals surface area contributed by atoms with E-state index in [1.165, 1.54) is 24.8 Å². The molecular weight excluding hydrogens is 352 g/mol. The molecule has 0 heterocycles. The lowest BCUT2D eigenvalue weighted by molar-refractivity contribution is -0.128. The van der Waals surface area contributed by atoms with Crippen molar-refractivity contribution in [2.75, 3.05) is 7.05 Å². The van der Waals surface area contributed by atoms with Crippen LogP contribution in [0.1, 0.15) is 37.7 Å². The average molecular weight is 376 g/mol. The van der Waals surface area contributed by atoms with Gasteiger partial charge in [-0.25, -0.2) is 13.6 Å².